The third-order valence-electron chi connectivity index (χ3n) is 6.15. The number of hydrogen-bond donors (Lipinski definition) is 3. The Morgan fingerprint density at radius 1 is 1.11 bits per heavy atom. The Bertz CT molecular complexity index is 1200. The quantitative estimate of drug-likeness (QED) is 0.261. The Morgan fingerprint density at radius 3 is 2.22 bits per heavy atom. The fourth-order valence-corrected chi connectivity index (χ4v) is 5.74. The molecule has 1 fully saturated rings. The molecule has 0 bridgehead atoms. The number of hydroxylamine groups is 1. The van der Waals surface area contributed by atoms with Crippen LogP contribution in [-0.4, -0.2) is 53.3 Å². The minimum atomic E-state index is -4.10. The number of carbonyl (C=O) groups is 2. The van der Waals surface area contributed by atoms with Crippen LogP contribution in [0.25, 0.3) is 11.1 Å². The summed E-state index contributed by atoms with van der Waals surface area (Å²) in [6.45, 7) is 4.01. The third-order valence-corrected chi connectivity index (χ3v) is 8.07. The minimum Gasteiger partial charge on any atom is -0.353 e. The Hall–Kier alpha value is -3.35. The number of nitrogens with one attached hydrogen (secondary N) is 2. The first-order valence-corrected chi connectivity index (χ1v) is 13.1. The predicted octanol–water partition coefficient (Wildman–Crippen LogP) is 2.84. The molecule has 0 saturated carbocycles. The standard InChI is InChI=1S/C24H30N4O7S/c1-16(2)3-12-23(29)25-19-13-14-27(22(15-19)24(30)26-31)36(34,35)21-10-6-18(7-11-21)17-4-8-20(9-5-17)28(32)33/h4-11,16,19,22,31H,3,12-15H2,1-2H3,(H,25,29)(H,26,30)/t19-,22-/m1/s1. The minimum absolute atomic E-state index is 0.0142. The van der Waals surface area contributed by atoms with Crippen LogP contribution in [0, 0.1) is 16.0 Å². The largest absolute Gasteiger partial charge is 0.353 e. The molecule has 0 spiro atoms. The molecule has 0 unspecified atom stereocenters. The van der Waals surface area contributed by atoms with Crippen molar-refractivity contribution in [3.05, 3.63) is 58.6 Å². The number of benzene rings is 2. The number of nitrogens with zero attached hydrogens (tertiary/aromatic N) is 2. The molecule has 1 saturated heterocycles. The molecule has 11 nitrogen and oxygen atoms in total. The lowest BCUT2D eigenvalue weighted by Gasteiger charge is -2.37. The normalized spacial score (nSPS) is 18.6. The molecule has 194 valence electrons. The lowest BCUT2D eigenvalue weighted by molar-refractivity contribution is -0.384. The van der Waals surface area contributed by atoms with E-state index in [-0.39, 0.29) is 29.5 Å². The number of amides is 2. The van der Waals surface area contributed by atoms with Crippen LogP contribution in [-0.2, 0) is 19.6 Å². The first kappa shape index (κ1) is 27.2. The van der Waals surface area contributed by atoms with Gasteiger partial charge in [0.2, 0.25) is 15.9 Å². The second-order valence-electron chi connectivity index (χ2n) is 9.16. The molecule has 0 radical (unpaired) electrons. The summed E-state index contributed by atoms with van der Waals surface area (Å²) in [4.78, 5) is 34.9. The first-order chi connectivity index (χ1) is 17.0. The Balaban J connectivity index is 1.76. The smallest absolute Gasteiger partial charge is 0.269 e. The molecule has 3 N–H and O–H groups in total. The molecule has 2 aromatic rings. The van der Waals surface area contributed by atoms with Crippen molar-refractivity contribution in [2.24, 2.45) is 5.92 Å². The number of nitro benzene ring substituents is 1. The summed E-state index contributed by atoms with van der Waals surface area (Å²) in [5.41, 5.74) is 2.83. The van der Waals surface area contributed by atoms with Gasteiger partial charge in [-0.15, -0.1) is 0 Å². The Labute approximate surface area is 209 Å². The van der Waals surface area contributed by atoms with Crippen LogP contribution < -0.4 is 10.8 Å². The average Bonchev–Trinajstić information content (AvgIpc) is 2.87. The van der Waals surface area contributed by atoms with Gasteiger partial charge < -0.3 is 5.32 Å². The molecule has 36 heavy (non-hydrogen) atoms. The lowest BCUT2D eigenvalue weighted by Crippen LogP contribution is -2.56. The number of sulfonamides is 1. The molecule has 0 aliphatic carbocycles. The number of nitro groups is 1. The first-order valence-electron chi connectivity index (χ1n) is 11.6. The molecule has 1 aliphatic rings. The Kier molecular flexibility index (Phi) is 8.77. The summed E-state index contributed by atoms with van der Waals surface area (Å²) in [6, 6.07) is 10.2. The van der Waals surface area contributed by atoms with Crippen LogP contribution in [0.2, 0.25) is 0 Å². The van der Waals surface area contributed by atoms with Gasteiger partial charge in [-0.1, -0.05) is 26.0 Å². The van der Waals surface area contributed by atoms with Crippen molar-refractivity contribution >= 4 is 27.5 Å². The summed E-state index contributed by atoms with van der Waals surface area (Å²) in [5, 5.41) is 22.9. The van der Waals surface area contributed by atoms with E-state index in [9.17, 15) is 33.3 Å². The van der Waals surface area contributed by atoms with Crippen molar-refractivity contribution in [1.82, 2.24) is 15.1 Å². The summed E-state index contributed by atoms with van der Waals surface area (Å²) in [7, 11) is -4.10. The van der Waals surface area contributed by atoms with E-state index in [2.05, 4.69) is 5.32 Å². The van der Waals surface area contributed by atoms with Gasteiger partial charge in [0.15, 0.2) is 0 Å². The van der Waals surface area contributed by atoms with Crippen LogP contribution in [0.1, 0.15) is 39.5 Å². The SMILES string of the molecule is CC(C)CCC(=O)N[C@@H]1CCN(S(=O)(=O)c2ccc(-c3ccc([N+](=O)[O-])cc3)cc2)[C@@H](C(=O)NO)C1. The van der Waals surface area contributed by atoms with Gasteiger partial charge in [-0.05, 0) is 60.6 Å². The fraction of sp³-hybridized carbons (Fsp3) is 0.417. The number of piperidine rings is 1. The van der Waals surface area contributed by atoms with Crippen LogP contribution in [0.4, 0.5) is 5.69 Å². The van der Waals surface area contributed by atoms with E-state index in [0.29, 0.717) is 29.9 Å². The summed E-state index contributed by atoms with van der Waals surface area (Å²) < 4.78 is 27.8. The van der Waals surface area contributed by atoms with E-state index in [1.165, 1.54) is 29.7 Å². The molecule has 3 rings (SSSR count). The molecule has 12 heteroatoms. The van der Waals surface area contributed by atoms with Crippen LogP contribution in [0.5, 0.6) is 0 Å². The van der Waals surface area contributed by atoms with E-state index >= 15 is 0 Å². The average molecular weight is 519 g/mol. The second kappa shape index (κ2) is 11.6. The van der Waals surface area contributed by atoms with Gasteiger partial charge >= 0.3 is 0 Å². The Morgan fingerprint density at radius 2 is 1.69 bits per heavy atom. The van der Waals surface area contributed by atoms with Crippen molar-refractivity contribution in [3.8, 4) is 11.1 Å². The van der Waals surface area contributed by atoms with Crippen molar-refractivity contribution in [2.45, 2.75) is 56.5 Å². The van der Waals surface area contributed by atoms with Gasteiger partial charge in [0.25, 0.3) is 11.6 Å². The highest BCUT2D eigenvalue weighted by molar-refractivity contribution is 7.89. The maximum absolute atomic E-state index is 13.4. The molecule has 1 heterocycles. The summed E-state index contributed by atoms with van der Waals surface area (Å²) in [5.74, 6) is -0.667. The van der Waals surface area contributed by atoms with Gasteiger partial charge in [0.05, 0.1) is 9.82 Å². The zero-order valence-corrected chi connectivity index (χ0v) is 20.9. The second-order valence-corrected chi connectivity index (χ2v) is 11.0. The molecule has 2 atom stereocenters. The third kappa shape index (κ3) is 6.45. The number of hydrogen-bond acceptors (Lipinski definition) is 7. The van der Waals surface area contributed by atoms with E-state index in [0.717, 1.165) is 10.7 Å². The zero-order valence-electron chi connectivity index (χ0n) is 20.1. The number of carbonyl (C=O) groups excluding carboxylic acids is 2. The number of rotatable bonds is 9. The highest BCUT2D eigenvalue weighted by Crippen LogP contribution is 2.29. The van der Waals surface area contributed by atoms with Gasteiger partial charge in [-0.2, -0.15) is 4.31 Å². The lowest BCUT2D eigenvalue weighted by atomic mass is 9.98. The molecule has 0 aromatic heterocycles. The van der Waals surface area contributed by atoms with Crippen molar-refractivity contribution < 1.29 is 28.1 Å². The van der Waals surface area contributed by atoms with Crippen molar-refractivity contribution in [1.29, 1.82) is 0 Å². The maximum Gasteiger partial charge on any atom is 0.269 e. The number of non-ortho nitro benzene ring substituents is 1. The summed E-state index contributed by atoms with van der Waals surface area (Å²) in [6.07, 6.45) is 1.41. The van der Waals surface area contributed by atoms with E-state index in [1.807, 2.05) is 13.8 Å². The monoisotopic (exact) mass is 518 g/mol. The highest BCUT2D eigenvalue weighted by atomic mass is 32.2. The van der Waals surface area contributed by atoms with E-state index < -0.39 is 32.9 Å². The van der Waals surface area contributed by atoms with Crippen LogP contribution in [0.15, 0.2) is 53.4 Å². The van der Waals surface area contributed by atoms with Gasteiger partial charge in [-0.25, -0.2) is 13.9 Å². The van der Waals surface area contributed by atoms with Gasteiger partial charge in [0.1, 0.15) is 6.04 Å². The van der Waals surface area contributed by atoms with E-state index in [1.54, 1.807) is 24.3 Å². The summed E-state index contributed by atoms with van der Waals surface area (Å²) >= 11 is 0. The topological polar surface area (TPSA) is 159 Å². The maximum atomic E-state index is 13.4. The predicted molar refractivity (Wildman–Crippen MR) is 131 cm³/mol. The van der Waals surface area contributed by atoms with Gasteiger partial charge in [-0.3, -0.25) is 24.9 Å². The van der Waals surface area contributed by atoms with E-state index in [4.69, 9.17) is 0 Å². The van der Waals surface area contributed by atoms with Crippen LogP contribution >= 0.6 is 0 Å². The molecule has 1 aliphatic heterocycles. The molecular formula is C24H30N4O7S. The molecule has 2 amide bonds. The zero-order chi connectivity index (χ0) is 26.5. The van der Waals surface area contributed by atoms with Gasteiger partial charge in [0, 0.05) is 31.1 Å². The highest BCUT2D eigenvalue weighted by Gasteiger charge is 2.41. The van der Waals surface area contributed by atoms with Crippen LogP contribution in [0.3, 0.4) is 0 Å². The fourth-order valence-electron chi connectivity index (χ4n) is 4.12. The molecular weight excluding hydrogens is 488 g/mol. The molecule has 2 aromatic carbocycles. The van der Waals surface area contributed by atoms with Crippen molar-refractivity contribution in [3.63, 3.8) is 0 Å². The van der Waals surface area contributed by atoms with Crippen molar-refractivity contribution in [2.75, 3.05) is 6.54 Å².